The lowest BCUT2D eigenvalue weighted by molar-refractivity contribution is 0.629. The first-order chi connectivity index (χ1) is 47.8. The Morgan fingerprint density at radius 2 is 0.600 bits per heavy atom. The second-order valence-electron chi connectivity index (χ2n) is 18.7. The van der Waals surface area contributed by atoms with Crippen LogP contribution in [0.5, 0.6) is 0 Å². The van der Waals surface area contributed by atoms with Crippen LogP contribution < -0.4 is 9.80 Å². The molecule has 0 N–H and O–H groups in total. The molecule has 0 aliphatic rings. The van der Waals surface area contributed by atoms with Crippen molar-refractivity contribution < 1.29 is 36.2 Å². The molecule has 0 saturated carbocycles. The second kappa shape index (κ2) is 20.5. The van der Waals surface area contributed by atoms with Crippen LogP contribution in [0.2, 0.25) is 0 Å². The summed E-state index contributed by atoms with van der Waals surface area (Å²) in [5.74, 6) is -2.21. The van der Waals surface area contributed by atoms with E-state index in [1.54, 1.807) is 82.6 Å². The van der Waals surface area contributed by atoms with E-state index in [0.717, 1.165) is 12.1 Å². The summed E-state index contributed by atoms with van der Waals surface area (Å²) in [6.45, 7) is 0. The molecule has 0 saturated heterocycles. The van der Waals surface area contributed by atoms with Gasteiger partial charge in [0.05, 0.1) is 61.5 Å². The molecule has 14 aromatic rings. The molecule has 0 spiro atoms. The van der Waals surface area contributed by atoms with Crippen LogP contribution in [0.4, 0.5) is 42.9 Å². The maximum absolute atomic E-state index is 19.0. The Labute approximate surface area is 492 Å². The number of hydrogen-bond donors (Lipinski definition) is 0. The fourth-order valence-electron chi connectivity index (χ4n) is 10.8. The number of nitrogens with zero attached hydrogens (tertiary/aromatic N) is 2. The largest absolute Gasteiger partial charge is 0.306 e. The lowest BCUT2D eigenvalue weighted by Crippen LogP contribution is -2.15. The first-order valence-electron chi connectivity index (χ1n) is 35.4. The van der Waals surface area contributed by atoms with Crippen LogP contribution >= 0.6 is 0 Å². The molecule has 0 unspecified atom stereocenters. The van der Waals surface area contributed by atoms with Gasteiger partial charge in [-0.2, -0.15) is 0 Å². The van der Waals surface area contributed by atoms with Gasteiger partial charge in [-0.3, -0.25) is 0 Å². The van der Waals surface area contributed by atoms with Crippen LogP contribution in [-0.2, 0) is 0 Å². The molecule has 0 atom stereocenters. The Hall–Kier alpha value is -10.4. The highest BCUT2D eigenvalue weighted by Crippen LogP contribution is 2.54. The minimum absolute atomic E-state index is 0.253. The van der Waals surface area contributed by atoms with Crippen LogP contribution in [0.25, 0.3) is 99.1 Å². The van der Waals surface area contributed by atoms with E-state index in [4.69, 9.17) is 21.9 Å². The summed E-state index contributed by atoms with van der Waals surface area (Å²) in [6, 6.07) is 36.5. The molecular formula is C76H50F2N2. The molecule has 0 aliphatic carbocycles. The minimum atomic E-state index is -1.11. The second-order valence-corrected chi connectivity index (χ2v) is 18.7. The molecule has 0 aromatic heterocycles. The van der Waals surface area contributed by atoms with Crippen molar-refractivity contribution >= 4 is 66.4 Å². The van der Waals surface area contributed by atoms with Crippen molar-refractivity contribution in [3.8, 4) is 66.8 Å². The van der Waals surface area contributed by atoms with Gasteiger partial charge < -0.3 is 9.80 Å². The average molecular weight is 1050 g/mol. The van der Waals surface area contributed by atoms with E-state index in [9.17, 15) is 5.48 Å². The SMILES string of the molecule is [2H]c1c([2H])c([2H])c(-c2cc(F)c(N(c3ccccc3-c3ccccc3)c3ccc4ccc5c(N(c6ccccc6-c6ccccc6)c6c(F)cc(-c7c([2H])c([2H])c([2H])c([2H])c7[2H])cc6-c6c([2H])c([2H])c([2H])c([2H])c6[2H])ccc6ccc3c4c65)c(-c3c([2H])c([2H])c([2H])c([2H])c3[2H])c2)c([2H])c1[2H]. The van der Waals surface area contributed by atoms with Crippen molar-refractivity contribution in [1.82, 2.24) is 0 Å². The third kappa shape index (κ3) is 8.51. The number of para-hydroxylation sites is 2. The van der Waals surface area contributed by atoms with E-state index in [1.165, 1.54) is 12.1 Å². The lowest BCUT2D eigenvalue weighted by atomic mass is 9.90. The molecule has 14 aromatic carbocycles. The normalized spacial score (nSPS) is 14.9. The zero-order chi connectivity index (χ0) is 70.9. The molecule has 0 fully saturated rings. The topological polar surface area (TPSA) is 6.48 Å². The summed E-state index contributed by atoms with van der Waals surface area (Å²) in [5.41, 5.74) is -0.276. The number of hydrogen-bond acceptors (Lipinski definition) is 2. The smallest absolute Gasteiger partial charge is 0.148 e. The maximum Gasteiger partial charge on any atom is 0.148 e. The third-order valence-corrected chi connectivity index (χ3v) is 14.2. The molecule has 0 aliphatic heterocycles. The monoisotopic (exact) mass is 1050 g/mol. The Morgan fingerprint density at radius 3 is 0.988 bits per heavy atom. The first-order valence-corrected chi connectivity index (χ1v) is 25.4. The number of rotatable bonds is 12. The van der Waals surface area contributed by atoms with Crippen molar-refractivity contribution in [3.05, 3.63) is 314 Å². The highest BCUT2D eigenvalue weighted by molar-refractivity contribution is 6.28. The van der Waals surface area contributed by atoms with Crippen LogP contribution in [0.15, 0.2) is 303 Å². The summed E-state index contributed by atoms with van der Waals surface area (Å²) in [6.07, 6.45) is 0. The van der Waals surface area contributed by atoms with Gasteiger partial charge in [0.15, 0.2) is 0 Å². The molecule has 80 heavy (non-hydrogen) atoms. The van der Waals surface area contributed by atoms with Gasteiger partial charge in [0, 0.05) is 33.0 Å². The van der Waals surface area contributed by atoms with Crippen molar-refractivity contribution in [2.45, 2.75) is 0 Å². The van der Waals surface area contributed by atoms with Gasteiger partial charge in [0.25, 0.3) is 0 Å². The summed E-state index contributed by atoms with van der Waals surface area (Å²) in [5, 5.41) is 3.19. The minimum Gasteiger partial charge on any atom is -0.306 e. The van der Waals surface area contributed by atoms with Gasteiger partial charge >= 0.3 is 0 Å². The third-order valence-electron chi connectivity index (χ3n) is 14.2. The van der Waals surface area contributed by atoms with Crippen LogP contribution in [0, 0.1) is 11.6 Å². The molecular weight excluding hydrogens is 979 g/mol. The van der Waals surface area contributed by atoms with E-state index in [1.807, 2.05) is 84.9 Å². The number of anilines is 6. The van der Waals surface area contributed by atoms with Gasteiger partial charge in [-0.1, -0.05) is 254 Å². The highest BCUT2D eigenvalue weighted by Gasteiger charge is 2.30. The summed E-state index contributed by atoms with van der Waals surface area (Å²) < 4.78 is 216. The Bertz CT molecular complexity index is 5330. The van der Waals surface area contributed by atoms with Crippen molar-refractivity contribution in [3.63, 3.8) is 0 Å². The summed E-state index contributed by atoms with van der Waals surface area (Å²) >= 11 is 0. The molecule has 0 heterocycles. The quantitative estimate of drug-likeness (QED) is 0.113. The van der Waals surface area contributed by atoms with Gasteiger partial charge in [0.1, 0.15) is 11.6 Å². The molecule has 378 valence electrons. The van der Waals surface area contributed by atoms with Gasteiger partial charge in [0.2, 0.25) is 0 Å². The lowest BCUT2D eigenvalue weighted by Gasteiger charge is -2.33. The van der Waals surface area contributed by atoms with Gasteiger partial charge in [-0.05, 0) is 115 Å². The van der Waals surface area contributed by atoms with Gasteiger partial charge in [-0.25, -0.2) is 8.78 Å². The zero-order valence-electron chi connectivity index (χ0n) is 62.0. The summed E-state index contributed by atoms with van der Waals surface area (Å²) in [7, 11) is 0. The van der Waals surface area contributed by atoms with E-state index >= 15 is 8.78 Å². The van der Waals surface area contributed by atoms with Crippen LogP contribution in [0.1, 0.15) is 27.4 Å². The molecule has 14 rings (SSSR count). The maximum atomic E-state index is 19.0. The van der Waals surface area contributed by atoms with Crippen LogP contribution in [-0.4, -0.2) is 0 Å². The van der Waals surface area contributed by atoms with E-state index in [0.29, 0.717) is 65.9 Å². The van der Waals surface area contributed by atoms with Crippen molar-refractivity contribution in [2.24, 2.45) is 0 Å². The van der Waals surface area contributed by atoms with E-state index < -0.39 is 155 Å². The Balaban J connectivity index is 1.12. The fourth-order valence-corrected chi connectivity index (χ4v) is 10.8. The Kier molecular flexibility index (Phi) is 7.97. The molecule has 2 nitrogen and oxygen atoms in total. The number of halogens is 2. The highest BCUT2D eigenvalue weighted by atomic mass is 19.1. The van der Waals surface area contributed by atoms with Crippen molar-refractivity contribution in [1.29, 1.82) is 0 Å². The van der Waals surface area contributed by atoms with Crippen LogP contribution in [0.3, 0.4) is 0 Å². The fraction of sp³-hybridized carbons (Fsp3) is 0. The average Bonchev–Trinajstić information content (AvgIpc) is 0.715. The van der Waals surface area contributed by atoms with Crippen molar-refractivity contribution in [2.75, 3.05) is 9.80 Å². The van der Waals surface area contributed by atoms with E-state index in [2.05, 4.69) is 0 Å². The molecule has 0 bridgehead atoms. The predicted octanol–water partition coefficient (Wildman–Crippen LogP) is 21.8. The zero-order valence-corrected chi connectivity index (χ0v) is 42.0. The molecule has 0 radical (unpaired) electrons. The number of benzene rings is 14. The van der Waals surface area contributed by atoms with E-state index in [-0.39, 0.29) is 45.0 Å². The summed E-state index contributed by atoms with van der Waals surface area (Å²) in [4.78, 5) is 3.13. The predicted molar refractivity (Wildman–Crippen MR) is 332 cm³/mol. The molecule has 4 heteroatoms. The molecule has 0 amide bonds. The Morgan fingerprint density at radius 1 is 0.263 bits per heavy atom. The van der Waals surface area contributed by atoms with Gasteiger partial charge in [-0.15, -0.1) is 0 Å². The first kappa shape index (κ1) is 31.1. The standard InChI is InChI=1S/C76H50F2N2/c77-67-49-59(51-23-7-1-8-24-51)47-65(55-31-15-5-16-32-55)75(67)79(69-37-21-19-35-61(69)53-27-11-3-12-28-53)71-45-41-57-40-44-64-72(46-42-58-39-43-63(71)73(57)74(58)64)80(70-38-22-20-36-62(70)54-29-13-4-14-30-54)76-66(56-33-17-6-18-34-56)48-60(50-68(76)78)52-25-9-2-10-26-52/h1-50H/i1D,2D,5D,6D,7D,8D,9D,10D,15D,16D,17D,18D,23D,24D,25D,26D,31D,32D,33D,34D.